The van der Waals surface area contributed by atoms with Crippen molar-refractivity contribution in [2.24, 2.45) is 0 Å². The van der Waals surface area contributed by atoms with Gasteiger partial charge in [0.15, 0.2) is 4.34 Å². The number of benzene rings is 2. The molecule has 1 saturated carbocycles. The van der Waals surface area contributed by atoms with E-state index in [4.69, 9.17) is 0 Å². The molecule has 168 valence electrons. The van der Waals surface area contributed by atoms with Gasteiger partial charge in [-0.1, -0.05) is 35.2 Å². The van der Waals surface area contributed by atoms with Crippen molar-refractivity contribution in [1.29, 1.82) is 0 Å². The van der Waals surface area contributed by atoms with Crippen molar-refractivity contribution < 1.29 is 27.1 Å². The topological polar surface area (TPSA) is 76.1 Å². The maximum atomic E-state index is 13.3. The van der Waals surface area contributed by atoms with E-state index in [0.717, 1.165) is 12.8 Å². The van der Waals surface area contributed by atoms with Crippen LogP contribution < -0.4 is 15.4 Å². The Labute approximate surface area is 188 Å². The van der Waals surface area contributed by atoms with Crippen molar-refractivity contribution in [2.45, 2.75) is 34.8 Å². The van der Waals surface area contributed by atoms with E-state index >= 15 is 0 Å². The molecule has 2 aromatic carbocycles. The van der Waals surface area contributed by atoms with Gasteiger partial charge in [0.05, 0.1) is 0 Å². The molecule has 0 spiro atoms. The number of halogens is 4. The lowest BCUT2D eigenvalue weighted by atomic mass is 10.1. The molecule has 0 radical (unpaired) electrons. The molecule has 1 aliphatic carbocycles. The van der Waals surface area contributed by atoms with Crippen LogP contribution in [0.4, 0.5) is 28.4 Å². The van der Waals surface area contributed by atoms with Crippen LogP contribution in [0.2, 0.25) is 0 Å². The van der Waals surface area contributed by atoms with Gasteiger partial charge in [0, 0.05) is 11.7 Å². The molecule has 6 nitrogen and oxygen atoms in total. The van der Waals surface area contributed by atoms with E-state index in [-0.39, 0.29) is 17.7 Å². The van der Waals surface area contributed by atoms with Crippen molar-refractivity contribution in [2.75, 3.05) is 5.32 Å². The smallest absolute Gasteiger partial charge is 0.406 e. The average Bonchev–Trinajstić information content (AvgIpc) is 3.44. The number of carbonyl (C=O) groups is 1. The van der Waals surface area contributed by atoms with Crippen LogP contribution >= 0.6 is 23.1 Å². The molecule has 2 N–H and O–H groups in total. The van der Waals surface area contributed by atoms with Crippen molar-refractivity contribution in [1.82, 2.24) is 15.5 Å². The van der Waals surface area contributed by atoms with Crippen LogP contribution in [0.25, 0.3) is 0 Å². The van der Waals surface area contributed by atoms with Crippen molar-refractivity contribution in [3.63, 3.8) is 0 Å². The summed E-state index contributed by atoms with van der Waals surface area (Å²) >= 11 is 2.38. The Morgan fingerprint density at radius 3 is 2.41 bits per heavy atom. The number of ether oxygens (including phenoxy) is 1. The van der Waals surface area contributed by atoms with Crippen LogP contribution in [0.15, 0.2) is 52.9 Å². The van der Waals surface area contributed by atoms with Gasteiger partial charge >= 0.3 is 6.36 Å². The molecule has 1 amide bonds. The lowest BCUT2D eigenvalue weighted by molar-refractivity contribution is -0.274. The van der Waals surface area contributed by atoms with Crippen LogP contribution in [0.1, 0.15) is 23.7 Å². The average molecular weight is 485 g/mol. The Balaban J connectivity index is 1.43. The number of carbonyl (C=O) groups excluding carboxylic acids is 1. The molecule has 0 saturated heterocycles. The summed E-state index contributed by atoms with van der Waals surface area (Å²) in [6.45, 7) is 0. The van der Waals surface area contributed by atoms with Gasteiger partial charge in [0.25, 0.3) is 0 Å². The lowest BCUT2D eigenvalue weighted by Crippen LogP contribution is -2.29. The maximum absolute atomic E-state index is 13.3. The second-order valence-corrected chi connectivity index (χ2v) is 9.23. The van der Waals surface area contributed by atoms with Crippen molar-refractivity contribution in [3.05, 3.63) is 59.9 Å². The minimum atomic E-state index is -4.76. The number of aromatic nitrogens is 2. The molecule has 1 aliphatic rings. The zero-order valence-corrected chi connectivity index (χ0v) is 17.9. The number of thioether (sulfide) groups is 1. The second kappa shape index (κ2) is 9.33. The van der Waals surface area contributed by atoms with Gasteiger partial charge in [-0.05, 0) is 54.8 Å². The van der Waals surface area contributed by atoms with Gasteiger partial charge in [-0.3, -0.25) is 4.79 Å². The van der Waals surface area contributed by atoms with Crippen LogP contribution in [0.5, 0.6) is 5.75 Å². The number of amides is 1. The van der Waals surface area contributed by atoms with E-state index < -0.39 is 17.4 Å². The third-order valence-electron chi connectivity index (χ3n) is 4.30. The summed E-state index contributed by atoms with van der Waals surface area (Å²) in [6.07, 6.45) is -2.88. The monoisotopic (exact) mass is 484 g/mol. The van der Waals surface area contributed by atoms with E-state index in [2.05, 4.69) is 25.6 Å². The lowest BCUT2D eigenvalue weighted by Gasteiger charge is -2.15. The Morgan fingerprint density at radius 1 is 1.09 bits per heavy atom. The molecule has 3 aromatic rings. The number of nitrogens with zero attached hydrogens (tertiary/aromatic N) is 2. The van der Waals surface area contributed by atoms with Gasteiger partial charge < -0.3 is 15.4 Å². The number of hydrogen-bond acceptors (Lipinski definition) is 7. The molecule has 4 rings (SSSR count). The van der Waals surface area contributed by atoms with Gasteiger partial charge in [-0.25, -0.2) is 4.39 Å². The minimum absolute atomic E-state index is 0.169. The number of hydrogen-bond donors (Lipinski definition) is 2. The first-order chi connectivity index (χ1) is 15.2. The quantitative estimate of drug-likeness (QED) is 0.328. The van der Waals surface area contributed by atoms with Crippen LogP contribution in [0, 0.1) is 5.82 Å². The van der Waals surface area contributed by atoms with Crippen LogP contribution in [-0.4, -0.2) is 28.5 Å². The molecular formula is C20H16F4N4O2S2. The summed E-state index contributed by atoms with van der Waals surface area (Å²) < 4.78 is 54.5. The molecule has 1 unspecified atom stereocenters. The first-order valence-corrected chi connectivity index (χ1v) is 11.1. The van der Waals surface area contributed by atoms with E-state index in [1.807, 2.05) is 0 Å². The molecule has 0 bridgehead atoms. The number of nitrogens with one attached hydrogen (secondary N) is 2. The molecule has 1 aromatic heterocycles. The Kier molecular flexibility index (Phi) is 6.51. The Morgan fingerprint density at radius 2 is 1.78 bits per heavy atom. The number of alkyl halides is 3. The number of rotatable bonds is 8. The summed E-state index contributed by atoms with van der Waals surface area (Å²) in [6, 6.07) is 11.1. The summed E-state index contributed by atoms with van der Waals surface area (Å²) in [5.41, 5.74) is 1.13. The van der Waals surface area contributed by atoms with Crippen LogP contribution in [0.3, 0.4) is 0 Å². The zero-order valence-electron chi connectivity index (χ0n) is 16.2. The summed E-state index contributed by atoms with van der Waals surface area (Å²) in [5.74, 6) is -0.913. The predicted octanol–water partition coefficient (Wildman–Crippen LogP) is 5.43. The van der Waals surface area contributed by atoms with Gasteiger partial charge in [0.2, 0.25) is 11.0 Å². The third kappa shape index (κ3) is 6.33. The highest BCUT2D eigenvalue weighted by atomic mass is 32.2. The molecule has 0 aliphatic heterocycles. The Bertz CT molecular complexity index is 1070. The van der Waals surface area contributed by atoms with Gasteiger partial charge in [0.1, 0.15) is 16.8 Å². The summed E-state index contributed by atoms with van der Waals surface area (Å²) in [5, 5.41) is 13.8. The SMILES string of the molecule is O=C(NC1CC1)C(Sc1nnc(Nc2ccc(OC(F)(F)F)cc2)s1)c1ccc(F)cc1. The van der Waals surface area contributed by atoms with Gasteiger partial charge in [-0.15, -0.1) is 23.4 Å². The van der Waals surface area contributed by atoms with E-state index in [1.165, 1.54) is 59.5 Å². The van der Waals surface area contributed by atoms with Crippen LogP contribution in [-0.2, 0) is 4.79 Å². The highest BCUT2D eigenvalue weighted by molar-refractivity contribution is 8.01. The second-order valence-electron chi connectivity index (χ2n) is 6.90. The summed E-state index contributed by atoms with van der Waals surface area (Å²) in [4.78, 5) is 12.7. The first kappa shape index (κ1) is 22.3. The predicted molar refractivity (Wildman–Crippen MR) is 112 cm³/mol. The van der Waals surface area contributed by atoms with Gasteiger partial charge in [-0.2, -0.15) is 0 Å². The fraction of sp³-hybridized carbons (Fsp3) is 0.250. The zero-order chi connectivity index (χ0) is 22.7. The molecule has 32 heavy (non-hydrogen) atoms. The normalized spacial score (nSPS) is 14.6. The fourth-order valence-corrected chi connectivity index (χ4v) is 4.66. The maximum Gasteiger partial charge on any atom is 0.573 e. The minimum Gasteiger partial charge on any atom is -0.406 e. The molecule has 1 fully saturated rings. The van der Waals surface area contributed by atoms with E-state index in [0.29, 0.717) is 20.7 Å². The molecular weight excluding hydrogens is 468 g/mol. The van der Waals surface area contributed by atoms with Crippen molar-refractivity contribution in [3.8, 4) is 5.75 Å². The highest BCUT2D eigenvalue weighted by Gasteiger charge is 2.31. The molecule has 1 atom stereocenters. The molecule has 12 heteroatoms. The summed E-state index contributed by atoms with van der Waals surface area (Å²) in [7, 11) is 0. The van der Waals surface area contributed by atoms with E-state index in [9.17, 15) is 22.4 Å². The Hall–Kier alpha value is -2.86. The van der Waals surface area contributed by atoms with Crippen molar-refractivity contribution >= 4 is 39.8 Å². The number of anilines is 2. The molecule has 1 heterocycles. The third-order valence-corrected chi connectivity index (χ3v) is 6.48. The largest absolute Gasteiger partial charge is 0.573 e. The first-order valence-electron chi connectivity index (χ1n) is 9.44. The van der Waals surface area contributed by atoms with E-state index in [1.54, 1.807) is 12.1 Å². The highest BCUT2D eigenvalue weighted by Crippen LogP contribution is 2.39. The standard InChI is InChI=1S/C20H16F4N4O2S2/c21-12-3-1-11(2-4-12)16(17(29)25-13-5-6-13)31-19-28-27-18(32-19)26-14-7-9-15(10-8-14)30-20(22,23)24/h1-4,7-10,13,16H,5-6H2,(H,25,29)(H,26,27). The fourth-order valence-electron chi connectivity index (χ4n) is 2.69.